The van der Waals surface area contributed by atoms with Gasteiger partial charge in [0.1, 0.15) is 5.75 Å². The SMILES string of the molecule is COc1cc(CNC(=O)C(C)Oc2cccc(C)c2)cc(OC)c1OC. The van der Waals surface area contributed by atoms with Crippen molar-refractivity contribution in [2.45, 2.75) is 26.5 Å². The van der Waals surface area contributed by atoms with Crippen molar-refractivity contribution in [1.29, 1.82) is 0 Å². The highest BCUT2D eigenvalue weighted by molar-refractivity contribution is 5.80. The van der Waals surface area contributed by atoms with Gasteiger partial charge in [0, 0.05) is 6.54 Å². The Morgan fingerprint density at radius 2 is 1.69 bits per heavy atom. The van der Waals surface area contributed by atoms with E-state index in [2.05, 4.69) is 5.32 Å². The summed E-state index contributed by atoms with van der Waals surface area (Å²) in [4.78, 5) is 12.3. The molecular formula is C20H25NO5. The van der Waals surface area contributed by atoms with Crippen LogP contribution < -0.4 is 24.3 Å². The van der Waals surface area contributed by atoms with E-state index in [-0.39, 0.29) is 5.91 Å². The molecular weight excluding hydrogens is 334 g/mol. The highest BCUT2D eigenvalue weighted by Gasteiger charge is 2.17. The van der Waals surface area contributed by atoms with Gasteiger partial charge in [-0.3, -0.25) is 4.79 Å². The van der Waals surface area contributed by atoms with Crippen molar-refractivity contribution < 1.29 is 23.7 Å². The molecule has 6 heteroatoms. The van der Waals surface area contributed by atoms with Gasteiger partial charge in [-0.1, -0.05) is 12.1 Å². The molecule has 0 radical (unpaired) electrons. The van der Waals surface area contributed by atoms with Crippen LogP contribution in [0, 0.1) is 6.92 Å². The maximum Gasteiger partial charge on any atom is 0.261 e. The number of aryl methyl sites for hydroxylation is 1. The highest BCUT2D eigenvalue weighted by atomic mass is 16.5. The summed E-state index contributed by atoms with van der Waals surface area (Å²) < 4.78 is 21.6. The van der Waals surface area contributed by atoms with E-state index in [1.54, 1.807) is 40.4 Å². The third kappa shape index (κ3) is 4.81. The number of amides is 1. The molecule has 140 valence electrons. The van der Waals surface area contributed by atoms with Crippen LogP contribution in [0.2, 0.25) is 0 Å². The third-order valence-electron chi connectivity index (χ3n) is 3.86. The van der Waals surface area contributed by atoms with Gasteiger partial charge in [-0.05, 0) is 49.2 Å². The number of hydrogen-bond acceptors (Lipinski definition) is 5. The van der Waals surface area contributed by atoms with Gasteiger partial charge >= 0.3 is 0 Å². The molecule has 2 rings (SSSR count). The lowest BCUT2D eigenvalue weighted by Crippen LogP contribution is -2.35. The third-order valence-corrected chi connectivity index (χ3v) is 3.86. The first-order valence-electron chi connectivity index (χ1n) is 8.28. The molecule has 26 heavy (non-hydrogen) atoms. The van der Waals surface area contributed by atoms with E-state index in [0.29, 0.717) is 29.5 Å². The molecule has 2 aromatic rings. The van der Waals surface area contributed by atoms with E-state index >= 15 is 0 Å². The fraction of sp³-hybridized carbons (Fsp3) is 0.350. The molecule has 0 aliphatic heterocycles. The summed E-state index contributed by atoms with van der Waals surface area (Å²) in [5.41, 5.74) is 1.91. The number of benzene rings is 2. The Bertz CT molecular complexity index is 735. The van der Waals surface area contributed by atoms with Gasteiger partial charge in [0.15, 0.2) is 17.6 Å². The first-order valence-corrected chi connectivity index (χ1v) is 8.28. The molecule has 0 bridgehead atoms. The fourth-order valence-electron chi connectivity index (χ4n) is 2.52. The Kier molecular flexibility index (Phi) is 6.72. The first kappa shape index (κ1) is 19.4. The van der Waals surface area contributed by atoms with Crippen molar-refractivity contribution in [3.63, 3.8) is 0 Å². The smallest absolute Gasteiger partial charge is 0.261 e. The average molecular weight is 359 g/mol. The molecule has 2 aromatic carbocycles. The standard InChI is InChI=1S/C20H25NO5/c1-13-7-6-8-16(9-13)26-14(2)20(22)21-12-15-10-17(23-3)19(25-5)18(11-15)24-4/h6-11,14H,12H2,1-5H3,(H,21,22). The molecule has 0 aliphatic rings. The van der Waals surface area contributed by atoms with Crippen LogP contribution in [0.15, 0.2) is 36.4 Å². The lowest BCUT2D eigenvalue weighted by Gasteiger charge is -2.17. The maximum absolute atomic E-state index is 12.3. The molecule has 0 fully saturated rings. The van der Waals surface area contributed by atoms with Gasteiger partial charge in [0.05, 0.1) is 21.3 Å². The van der Waals surface area contributed by atoms with Crippen molar-refractivity contribution in [2.75, 3.05) is 21.3 Å². The molecule has 1 atom stereocenters. The molecule has 0 aliphatic carbocycles. The molecule has 6 nitrogen and oxygen atoms in total. The van der Waals surface area contributed by atoms with E-state index in [1.807, 2.05) is 31.2 Å². The van der Waals surface area contributed by atoms with Gasteiger partial charge in [-0.15, -0.1) is 0 Å². The summed E-state index contributed by atoms with van der Waals surface area (Å²) in [7, 11) is 4.65. The summed E-state index contributed by atoms with van der Waals surface area (Å²) in [6, 6.07) is 11.2. The van der Waals surface area contributed by atoms with Gasteiger partial charge in [-0.2, -0.15) is 0 Å². The minimum absolute atomic E-state index is 0.208. The van der Waals surface area contributed by atoms with Crippen LogP contribution in [0.1, 0.15) is 18.1 Å². The molecule has 1 unspecified atom stereocenters. The minimum atomic E-state index is -0.612. The topological polar surface area (TPSA) is 66.0 Å². The number of rotatable bonds is 8. The lowest BCUT2D eigenvalue weighted by molar-refractivity contribution is -0.127. The Hall–Kier alpha value is -2.89. The largest absolute Gasteiger partial charge is 0.493 e. The second kappa shape index (κ2) is 8.99. The van der Waals surface area contributed by atoms with E-state index < -0.39 is 6.10 Å². The zero-order valence-corrected chi connectivity index (χ0v) is 15.8. The molecule has 0 saturated heterocycles. The molecule has 1 N–H and O–H groups in total. The van der Waals surface area contributed by atoms with E-state index in [1.165, 1.54) is 0 Å². The first-order chi connectivity index (χ1) is 12.5. The van der Waals surface area contributed by atoms with Crippen molar-refractivity contribution in [3.8, 4) is 23.0 Å². The molecule has 0 heterocycles. The number of carbonyl (C=O) groups excluding carboxylic acids is 1. The maximum atomic E-state index is 12.3. The van der Waals surface area contributed by atoms with Crippen molar-refractivity contribution in [1.82, 2.24) is 5.32 Å². The molecule has 0 spiro atoms. The minimum Gasteiger partial charge on any atom is -0.493 e. The van der Waals surface area contributed by atoms with Gasteiger partial charge in [0.25, 0.3) is 5.91 Å². The van der Waals surface area contributed by atoms with Crippen molar-refractivity contribution in [3.05, 3.63) is 47.5 Å². The zero-order chi connectivity index (χ0) is 19.1. The summed E-state index contributed by atoms with van der Waals surface area (Å²) in [5.74, 6) is 2.06. The van der Waals surface area contributed by atoms with Gasteiger partial charge in [0.2, 0.25) is 5.75 Å². The molecule has 0 aromatic heterocycles. The van der Waals surface area contributed by atoms with E-state index in [9.17, 15) is 4.79 Å². The van der Waals surface area contributed by atoms with Crippen LogP contribution in [-0.4, -0.2) is 33.3 Å². The van der Waals surface area contributed by atoms with Crippen LogP contribution in [0.25, 0.3) is 0 Å². The Morgan fingerprint density at radius 1 is 1.04 bits per heavy atom. The summed E-state index contributed by atoms with van der Waals surface area (Å²) in [6.45, 7) is 4.01. The normalized spacial score (nSPS) is 11.4. The van der Waals surface area contributed by atoms with Crippen LogP contribution in [-0.2, 0) is 11.3 Å². The Labute approximate surface area is 154 Å². The predicted octanol–water partition coefficient (Wildman–Crippen LogP) is 3.10. The Morgan fingerprint density at radius 3 is 2.23 bits per heavy atom. The number of nitrogens with one attached hydrogen (secondary N) is 1. The number of ether oxygens (including phenoxy) is 4. The van der Waals surface area contributed by atoms with Crippen molar-refractivity contribution in [2.24, 2.45) is 0 Å². The number of hydrogen-bond donors (Lipinski definition) is 1. The summed E-state index contributed by atoms with van der Waals surface area (Å²) in [5, 5.41) is 2.86. The fourth-order valence-corrected chi connectivity index (χ4v) is 2.52. The number of methoxy groups -OCH3 is 3. The molecule has 0 saturated carbocycles. The monoisotopic (exact) mass is 359 g/mol. The van der Waals surface area contributed by atoms with Crippen LogP contribution in [0.5, 0.6) is 23.0 Å². The van der Waals surface area contributed by atoms with Crippen LogP contribution >= 0.6 is 0 Å². The molecule has 1 amide bonds. The second-order valence-corrected chi connectivity index (χ2v) is 5.83. The van der Waals surface area contributed by atoms with Crippen LogP contribution in [0.4, 0.5) is 0 Å². The number of carbonyl (C=O) groups is 1. The quantitative estimate of drug-likeness (QED) is 0.784. The van der Waals surface area contributed by atoms with Crippen LogP contribution in [0.3, 0.4) is 0 Å². The summed E-state index contributed by atoms with van der Waals surface area (Å²) in [6.07, 6.45) is -0.612. The zero-order valence-electron chi connectivity index (χ0n) is 15.8. The van der Waals surface area contributed by atoms with Gasteiger partial charge in [-0.25, -0.2) is 0 Å². The lowest BCUT2D eigenvalue weighted by atomic mass is 10.1. The average Bonchev–Trinajstić information content (AvgIpc) is 2.64. The highest BCUT2D eigenvalue weighted by Crippen LogP contribution is 2.38. The van der Waals surface area contributed by atoms with Crippen molar-refractivity contribution >= 4 is 5.91 Å². The predicted molar refractivity (Wildman–Crippen MR) is 99.2 cm³/mol. The van der Waals surface area contributed by atoms with E-state index in [0.717, 1.165) is 11.1 Å². The second-order valence-electron chi connectivity index (χ2n) is 5.83. The van der Waals surface area contributed by atoms with E-state index in [4.69, 9.17) is 18.9 Å². The Balaban J connectivity index is 2.02. The van der Waals surface area contributed by atoms with Gasteiger partial charge < -0.3 is 24.3 Å². The summed E-state index contributed by atoms with van der Waals surface area (Å²) >= 11 is 0.